The Labute approximate surface area is 78.0 Å². The molecule has 0 aliphatic carbocycles. The van der Waals surface area contributed by atoms with Crippen molar-refractivity contribution in [2.45, 2.75) is 13.8 Å². The molecule has 4 nitrogen and oxygen atoms in total. The van der Waals surface area contributed by atoms with Gasteiger partial charge < -0.3 is 15.4 Å². The maximum Gasteiger partial charge on any atom is 0.352 e. The molecule has 1 aromatic heterocycles. The standard InChI is InChI=1S/C5H5NO2.C4H11N/c7-5(8)4-2-1-3-6-4;1-3-5-4-2/h1-3,6H,(H,7,8);5H,3-4H2,1-2H3. The van der Waals surface area contributed by atoms with E-state index in [2.05, 4.69) is 24.1 Å². The molecule has 0 spiro atoms. The van der Waals surface area contributed by atoms with Crippen LogP contribution in [0.1, 0.15) is 24.3 Å². The first kappa shape index (κ1) is 11.7. The Morgan fingerprint density at radius 2 is 2.15 bits per heavy atom. The van der Waals surface area contributed by atoms with Crippen LogP contribution in [0.2, 0.25) is 0 Å². The number of carboxylic acids is 1. The molecule has 3 N–H and O–H groups in total. The van der Waals surface area contributed by atoms with Gasteiger partial charge in [-0.3, -0.25) is 0 Å². The van der Waals surface area contributed by atoms with Gasteiger partial charge in [-0.25, -0.2) is 4.79 Å². The number of hydrogen-bond acceptors (Lipinski definition) is 2. The van der Waals surface area contributed by atoms with Gasteiger partial charge in [-0.05, 0) is 25.2 Å². The second-order valence-corrected chi connectivity index (χ2v) is 2.35. The van der Waals surface area contributed by atoms with Crippen molar-refractivity contribution in [3.05, 3.63) is 24.0 Å². The first-order chi connectivity index (χ1) is 6.22. The van der Waals surface area contributed by atoms with Crippen LogP contribution in [-0.4, -0.2) is 29.1 Å². The summed E-state index contributed by atoms with van der Waals surface area (Å²) >= 11 is 0. The Kier molecular flexibility index (Phi) is 6.63. The molecule has 0 bridgehead atoms. The van der Waals surface area contributed by atoms with E-state index in [1.54, 1.807) is 12.3 Å². The highest BCUT2D eigenvalue weighted by atomic mass is 16.4. The average molecular weight is 184 g/mol. The van der Waals surface area contributed by atoms with Crippen molar-refractivity contribution in [2.75, 3.05) is 13.1 Å². The number of carbonyl (C=O) groups is 1. The summed E-state index contributed by atoms with van der Waals surface area (Å²) in [6.45, 7) is 6.39. The normalized spacial score (nSPS) is 8.77. The lowest BCUT2D eigenvalue weighted by Crippen LogP contribution is -2.09. The number of nitrogens with one attached hydrogen (secondary N) is 2. The van der Waals surface area contributed by atoms with Gasteiger partial charge in [0.15, 0.2) is 0 Å². The molecule has 0 aliphatic rings. The Morgan fingerprint density at radius 3 is 2.31 bits per heavy atom. The molecule has 1 heterocycles. The summed E-state index contributed by atoms with van der Waals surface area (Å²) in [6.07, 6.45) is 1.57. The molecular formula is C9H16N2O2. The van der Waals surface area contributed by atoms with E-state index < -0.39 is 5.97 Å². The smallest absolute Gasteiger partial charge is 0.352 e. The van der Waals surface area contributed by atoms with Crippen molar-refractivity contribution in [1.29, 1.82) is 0 Å². The molecule has 0 aliphatic heterocycles. The monoisotopic (exact) mass is 184 g/mol. The molecule has 4 heteroatoms. The molecule has 0 radical (unpaired) electrons. The molecule has 0 atom stereocenters. The number of aromatic amines is 1. The van der Waals surface area contributed by atoms with E-state index in [4.69, 9.17) is 5.11 Å². The number of aromatic carboxylic acids is 1. The third kappa shape index (κ3) is 5.93. The molecule has 0 saturated heterocycles. The third-order valence-electron chi connectivity index (χ3n) is 1.33. The second-order valence-electron chi connectivity index (χ2n) is 2.35. The third-order valence-corrected chi connectivity index (χ3v) is 1.33. The fourth-order valence-corrected chi connectivity index (χ4v) is 0.713. The lowest BCUT2D eigenvalue weighted by atomic mass is 10.4. The van der Waals surface area contributed by atoms with Crippen molar-refractivity contribution in [3.63, 3.8) is 0 Å². The van der Waals surface area contributed by atoms with E-state index in [1.165, 1.54) is 6.07 Å². The van der Waals surface area contributed by atoms with Crippen LogP contribution in [0.5, 0.6) is 0 Å². The lowest BCUT2D eigenvalue weighted by Gasteiger charge is -1.86. The van der Waals surface area contributed by atoms with Crippen LogP contribution in [0.4, 0.5) is 0 Å². The lowest BCUT2D eigenvalue weighted by molar-refractivity contribution is 0.0691. The Balaban J connectivity index is 0.000000252. The summed E-state index contributed by atoms with van der Waals surface area (Å²) < 4.78 is 0. The number of H-pyrrole nitrogens is 1. The molecule has 0 unspecified atom stereocenters. The summed E-state index contributed by atoms with van der Waals surface area (Å²) in [4.78, 5) is 12.6. The van der Waals surface area contributed by atoms with Crippen LogP contribution < -0.4 is 5.32 Å². The van der Waals surface area contributed by atoms with Crippen LogP contribution in [0.3, 0.4) is 0 Å². The van der Waals surface area contributed by atoms with E-state index in [0.717, 1.165) is 13.1 Å². The summed E-state index contributed by atoms with van der Waals surface area (Å²) in [5.74, 6) is -0.921. The minimum atomic E-state index is -0.921. The fraction of sp³-hybridized carbons (Fsp3) is 0.444. The van der Waals surface area contributed by atoms with Gasteiger partial charge in [-0.1, -0.05) is 13.8 Å². The van der Waals surface area contributed by atoms with E-state index in [-0.39, 0.29) is 5.69 Å². The molecule has 0 saturated carbocycles. The van der Waals surface area contributed by atoms with Crippen molar-refractivity contribution < 1.29 is 9.90 Å². The average Bonchev–Trinajstić information content (AvgIpc) is 2.58. The van der Waals surface area contributed by atoms with E-state index in [1.807, 2.05) is 0 Å². The van der Waals surface area contributed by atoms with Gasteiger partial charge >= 0.3 is 5.97 Å². The number of carboxylic acid groups (broad SMARTS) is 1. The largest absolute Gasteiger partial charge is 0.477 e. The first-order valence-corrected chi connectivity index (χ1v) is 4.29. The summed E-state index contributed by atoms with van der Waals surface area (Å²) in [7, 11) is 0. The van der Waals surface area contributed by atoms with Crippen LogP contribution in [0.25, 0.3) is 0 Å². The van der Waals surface area contributed by atoms with Gasteiger partial charge in [-0.15, -0.1) is 0 Å². The Hall–Kier alpha value is -1.29. The summed E-state index contributed by atoms with van der Waals surface area (Å²) in [5, 5.41) is 11.4. The molecule has 13 heavy (non-hydrogen) atoms. The van der Waals surface area contributed by atoms with E-state index in [9.17, 15) is 4.79 Å². The molecule has 1 aromatic rings. The number of aromatic nitrogens is 1. The van der Waals surface area contributed by atoms with Crippen molar-refractivity contribution in [2.24, 2.45) is 0 Å². The maximum absolute atomic E-state index is 10.0. The Bertz CT molecular complexity index is 218. The van der Waals surface area contributed by atoms with Crippen LogP contribution in [-0.2, 0) is 0 Å². The zero-order chi connectivity index (χ0) is 10.1. The van der Waals surface area contributed by atoms with Gasteiger partial charge in [0.05, 0.1) is 0 Å². The highest BCUT2D eigenvalue weighted by molar-refractivity contribution is 5.85. The molecule has 74 valence electrons. The van der Waals surface area contributed by atoms with Crippen LogP contribution in [0.15, 0.2) is 18.3 Å². The zero-order valence-electron chi connectivity index (χ0n) is 8.00. The molecule has 0 fully saturated rings. The minimum Gasteiger partial charge on any atom is -0.477 e. The summed E-state index contributed by atoms with van der Waals surface area (Å²) in [6, 6.07) is 3.14. The quantitative estimate of drug-likeness (QED) is 0.664. The van der Waals surface area contributed by atoms with Crippen molar-refractivity contribution in [3.8, 4) is 0 Å². The van der Waals surface area contributed by atoms with Gasteiger partial charge in [0, 0.05) is 6.20 Å². The Morgan fingerprint density at radius 1 is 1.54 bits per heavy atom. The molecule has 0 aromatic carbocycles. The highest BCUT2D eigenvalue weighted by Gasteiger charge is 1.98. The molecular weight excluding hydrogens is 168 g/mol. The van der Waals surface area contributed by atoms with Gasteiger partial charge in [0.1, 0.15) is 5.69 Å². The van der Waals surface area contributed by atoms with Gasteiger partial charge in [0.25, 0.3) is 0 Å². The first-order valence-electron chi connectivity index (χ1n) is 4.29. The highest BCUT2D eigenvalue weighted by Crippen LogP contribution is 1.91. The second kappa shape index (κ2) is 7.36. The fourth-order valence-electron chi connectivity index (χ4n) is 0.713. The minimum absolute atomic E-state index is 0.227. The molecule has 1 rings (SSSR count). The SMILES string of the molecule is CCNCC.O=C(O)c1ccc[nH]1. The predicted molar refractivity (Wildman–Crippen MR) is 52.0 cm³/mol. The number of rotatable bonds is 3. The predicted octanol–water partition coefficient (Wildman–Crippen LogP) is 1.33. The van der Waals surface area contributed by atoms with Gasteiger partial charge in [0.2, 0.25) is 0 Å². The van der Waals surface area contributed by atoms with Crippen molar-refractivity contribution >= 4 is 5.97 Å². The van der Waals surface area contributed by atoms with Crippen LogP contribution >= 0.6 is 0 Å². The maximum atomic E-state index is 10.0. The van der Waals surface area contributed by atoms with E-state index >= 15 is 0 Å². The topological polar surface area (TPSA) is 65.1 Å². The zero-order valence-corrected chi connectivity index (χ0v) is 8.00. The van der Waals surface area contributed by atoms with Crippen LogP contribution in [0, 0.1) is 0 Å². The van der Waals surface area contributed by atoms with Gasteiger partial charge in [-0.2, -0.15) is 0 Å². The number of hydrogen-bond donors (Lipinski definition) is 3. The molecule has 0 amide bonds. The van der Waals surface area contributed by atoms with E-state index in [0.29, 0.717) is 0 Å². The van der Waals surface area contributed by atoms with Crippen molar-refractivity contribution in [1.82, 2.24) is 10.3 Å². The summed E-state index contributed by atoms with van der Waals surface area (Å²) in [5.41, 5.74) is 0.227.